The van der Waals surface area contributed by atoms with E-state index in [4.69, 9.17) is 10.2 Å². The molecule has 0 saturated carbocycles. The summed E-state index contributed by atoms with van der Waals surface area (Å²) in [6.45, 7) is 0.747. The van der Waals surface area contributed by atoms with Crippen molar-refractivity contribution in [2.45, 2.75) is 6.54 Å². The molecule has 0 unspecified atom stereocenters. The Balaban J connectivity index is 1.70. The minimum atomic E-state index is -0.633. The Bertz CT molecular complexity index is 1280. The van der Waals surface area contributed by atoms with Crippen LogP contribution in [0.15, 0.2) is 82.0 Å². The topological polar surface area (TPSA) is 103 Å². The van der Waals surface area contributed by atoms with Gasteiger partial charge in [0.05, 0.1) is 10.3 Å². The number of nitrogens with zero attached hydrogens (tertiary/aromatic N) is 2. The molecule has 0 saturated heterocycles. The molecule has 150 valence electrons. The normalized spacial score (nSPS) is 10.8. The average Bonchev–Trinajstić information content (AvgIpc) is 2.74. The van der Waals surface area contributed by atoms with Gasteiger partial charge in [-0.15, -0.1) is 0 Å². The van der Waals surface area contributed by atoms with Crippen LogP contribution in [0, 0.1) is 10.1 Å². The first-order chi connectivity index (χ1) is 14.4. The lowest BCUT2D eigenvalue weighted by molar-refractivity contribution is -0.382. The third-order valence-corrected chi connectivity index (χ3v) is 4.94. The molecule has 7 heteroatoms. The van der Waals surface area contributed by atoms with Crippen molar-refractivity contribution >= 4 is 28.0 Å². The number of hydrogen-bond acceptors (Lipinski definition) is 6. The van der Waals surface area contributed by atoms with Crippen molar-refractivity contribution in [1.29, 1.82) is 0 Å². The first kappa shape index (κ1) is 19.2. The fourth-order valence-electron chi connectivity index (χ4n) is 3.38. The lowest BCUT2D eigenvalue weighted by Gasteiger charge is -2.19. The minimum Gasteiger partial charge on any atom is -0.448 e. The Morgan fingerprint density at radius 3 is 2.40 bits per heavy atom. The third kappa shape index (κ3) is 3.60. The number of nitrogens with two attached hydrogens (primary N) is 1. The smallest absolute Gasteiger partial charge is 0.334 e. The standard InChI is InChI=1S/C23H19N3O4/c1-25(14-15-5-3-2-4-6-15)17-9-7-16(8-10-17)21-13-20(27)18-11-12-19(24)22(26(28)29)23(18)30-21/h2-13H,14,24H2,1H3. The van der Waals surface area contributed by atoms with Crippen LogP contribution in [0.3, 0.4) is 0 Å². The van der Waals surface area contributed by atoms with Gasteiger partial charge in [0.25, 0.3) is 0 Å². The molecule has 0 amide bonds. The van der Waals surface area contributed by atoms with Gasteiger partial charge >= 0.3 is 5.69 Å². The van der Waals surface area contributed by atoms with E-state index in [1.54, 1.807) is 0 Å². The summed E-state index contributed by atoms with van der Waals surface area (Å²) >= 11 is 0. The van der Waals surface area contributed by atoms with E-state index in [1.807, 2.05) is 49.5 Å². The van der Waals surface area contributed by atoms with Crippen LogP contribution in [0.4, 0.5) is 17.1 Å². The van der Waals surface area contributed by atoms with E-state index in [-0.39, 0.29) is 27.8 Å². The van der Waals surface area contributed by atoms with Gasteiger partial charge in [-0.3, -0.25) is 14.9 Å². The predicted molar refractivity (Wildman–Crippen MR) is 118 cm³/mol. The summed E-state index contributed by atoms with van der Waals surface area (Å²) < 4.78 is 5.76. The van der Waals surface area contributed by atoms with E-state index in [0.717, 1.165) is 12.2 Å². The lowest BCUT2D eigenvalue weighted by atomic mass is 10.1. The van der Waals surface area contributed by atoms with Crippen molar-refractivity contribution in [1.82, 2.24) is 0 Å². The van der Waals surface area contributed by atoms with Gasteiger partial charge in [0.2, 0.25) is 5.58 Å². The Morgan fingerprint density at radius 2 is 1.73 bits per heavy atom. The maximum absolute atomic E-state index is 12.5. The number of hydrogen-bond donors (Lipinski definition) is 1. The summed E-state index contributed by atoms with van der Waals surface area (Å²) in [6.07, 6.45) is 0. The minimum absolute atomic E-state index is 0.0503. The van der Waals surface area contributed by atoms with Crippen LogP contribution >= 0.6 is 0 Å². The highest BCUT2D eigenvalue weighted by atomic mass is 16.6. The first-order valence-electron chi connectivity index (χ1n) is 9.30. The zero-order valence-corrected chi connectivity index (χ0v) is 16.2. The van der Waals surface area contributed by atoms with Gasteiger partial charge in [-0.1, -0.05) is 30.3 Å². The second-order valence-corrected chi connectivity index (χ2v) is 7.00. The number of fused-ring (bicyclic) bond motifs is 1. The molecular formula is C23H19N3O4. The summed E-state index contributed by atoms with van der Waals surface area (Å²) in [5.74, 6) is 0.249. The van der Waals surface area contributed by atoms with Crippen LogP contribution < -0.4 is 16.1 Å². The van der Waals surface area contributed by atoms with Crippen LogP contribution in [0.1, 0.15) is 5.56 Å². The molecule has 0 fully saturated rings. The van der Waals surface area contributed by atoms with Crippen LogP contribution in [0.2, 0.25) is 0 Å². The second-order valence-electron chi connectivity index (χ2n) is 7.00. The molecule has 0 radical (unpaired) electrons. The molecule has 2 N–H and O–H groups in total. The number of nitrogen functional groups attached to an aromatic ring is 1. The molecule has 1 aromatic heterocycles. The molecule has 0 atom stereocenters. The summed E-state index contributed by atoms with van der Waals surface area (Å²) in [7, 11) is 1.99. The molecule has 0 aliphatic carbocycles. The number of benzene rings is 3. The molecule has 0 aliphatic rings. The molecule has 3 aromatic carbocycles. The van der Waals surface area contributed by atoms with E-state index < -0.39 is 10.6 Å². The third-order valence-electron chi connectivity index (χ3n) is 4.94. The van der Waals surface area contributed by atoms with Crippen molar-refractivity contribution in [3.63, 3.8) is 0 Å². The quantitative estimate of drug-likeness (QED) is 0.298. The molecular weight excluding hydrogens is 382 g/mol. The van der Waals surface area contributed by atoms with Gasteiger partial charge in [-0.25, -0.2) is 0 Å². The summed E-state index contributed by atoms with van der Waals surface area (Å²) in [5, 5.41) is 11.5. The average molecular weight is 401 g/mol. The van der Waals surface area contributed by atoms with Gasteiger partial charge in [0, 0.05) is 30.9 Å². The SMILES string of the molecule is CN(Cc1ccccc1)c1ccc(-c2cc(=O)c3ccc(N)c([N+](=O)[O-])c3o2)cc1. The molecule has 7 nitrogen and oxygen atoms in total. The molecule has 30 heavy (non-hydrogen) atoms. The summed E-state index contributed by atoms with van der Waals surface area (Å²) in [4.78, 5) is 25.4. The largest absolute Gasteiger partial charge is 0.448 e. The van der Waals surface area contributed by atoms with E-state index in [9.17, 15) is 14.9 Å². The second kappa shape index (κ2) is 7.71. The van der Waals surface area contributed by atoms with Crippen molar-refractivity contribution in [2.24, 2.45) is 0 Å². The zero-order valence-electron chi connectivity index (χ0n) is 16.2. The molecule has 4 rings (SSSR count). The van der Waals surface area contributed by atoms with Gasteiger partial charge < -0.3 is 15.1 Å². The highest BCUT2D eigenvalue weighted by Crippen LogP contribution is 2.33. The highest BCUT2D eigenvalue weighted by Gasteiger charge is 2.21. The number of nitro benzene ring substituents is 1. The number of anilines is 2. The van der Waals surface area contributed by atoms with Crippen LogP contribution in [-0.2, 0) is 6.54 Å². The molecule has 4 aromatic rings. The highest BCUT2D eigenvalue weighted by molar-refractivity contribution is 5.92. The molecule has 1 heterocycles. The number of nitro groups is 1. The molecule has 0 spiro atoms. The Hall–Kier alpha value is -4.13. The fraction of sp³-hybridized carbons (Fsp3) is 0.0870. The van der Waals surface area contributed by atoms with E-state index in [1.165, 1.54) is 23.8 Å². The van der Waals surface area contributed by atoms with Gasteiger partial charge in [0.1, 0.15) is 11.4 Å². The van der Waals surface area contributed by atoms with Crippen molar-refractivity contribution in [2.75, 3.05) is 17.7 Å². The van der Waals surface area contributed by atoms with Crippen molar-refractivity contribution in [3.8, 4) is 11.3 Å². The van der Waals surface area contributed by atoms with E-state index >= 15 is 0 Å². The Labute approximate surface area is 172 Å². The Morgan fingerprint density at radius 1 is 1.03 bits per heavy atom. The molecule has 0 aliphatic heterocycles. The maximum atomic E-state index is 12.5. The fourth-order valence-corrected chi connectivity index (χ4v) is 3.38. The predicted octanol–water partition coefficient (Wildman–Crippen LogP) is 4.59. The molecule has 0 bridgehead atoms. The first-order valence-corrected chi connectivity index (χ1v) is 9.30. The maximum Gasteiger partial charge on any atom is 0.334 e. The monoisotopic (exact) mass is 401 g/mol. The van der Waals surface area contributed by atoms with E-state index in [0.29, 0.717) is 5.56 Å². The van der Waals surface area contributed by atoms with Gasteiger partial charge in [-0.05, 0) is 42.0 Å². The van der Waals surface area contributed by atoms with Crippen LogP contribution in [0.25, 0.3) is 22.3 Å². The van der Waals surface area contributed by atoms with Crippen molar-refractivity contribution < 1.29 is 9.34 Å². The zero-order chi connectivity index (χ0) is 21.3. The summed E-state index contributed by atoms with van der Waals surface area (Å²) in [6, 6.07) is 21.7. The summed E-state index contributed by atoms with van der Waals surface area (Å²) in [5.41, 5.74) is 7.62. The van der Waals surface area contributed by atoms with Crippen LogP contribution in [-0.4, -0.2) is 12.0 Å². The van der Waals surface area contributed by atoms with Crippen molar-refractivity contribution in [3.05, 3.63) is 98.7 Å². The van der Waals surface area contributed by atoms with Crippen LogP contribution in [0.5, 0.6) is 0 Å². The Kier molecular flexibility index (Phi) is 4.93. The van der Waals surface area contributed by atoms with Gasteiger partial charge in [0.15, 0.2) is 5.43 Å². The van der Waals surface area contributed by atoms with Gasteiger partial charge in [-0.2, -0.15) is 0 Å². The lowest BCUT2D eigenvalue weighted by Crippen LogP contribution is -2.16. The number of rotatable bonds is 5. The van der Waals surface area contributed by atoms with E-state index in [2.05, 4.69) is 17.0 Å².